The lowest BCUT2D eigenvalue weighted by atomic mass is 10.1. The summed E-state index contributed by atoms with van der Waals surface area (Å²) in [5, 5.41) is 6.13. The standard InChI is InChI=1S/C22H25F2IN7O2PS/c1-30(36(2)34)16-10-13(31-8-3-9-31)6-7-14(16)26-15-11-17(28-22(33)12-4-5-12)27-20-18(15)29-21(19(23)24)32(20)35-25/h6-7,10-12,19,35H,3-5,8-9H2,1-2H3,(H2,26,27,28,33). The summed E-state index contributed by atoms with van der Waals surface area (Å²) in [4.78, 5) is 23.4. The molecule has 1 saturated carbocycles. The molecule has 1 amide bonds. The molecule has 0 bridgehead atoms. The molecule has 1 saturated heterocycles. The summed E-state index contributed by atoms with van der Waals surface area (Å²) in [6, 6.07) is 7.43. The smallest absolute Gasteiger partial charge is 0.295 e. The lowest BCUT2D eigenvalue weighted by Gasteiger charge is -2.34. The fraction of sp³-hybridized carbons (Fsp3) is 0.409. The number of alkyl halides is 2. The van der Waals surface area contributed by atoms with Gasteiger partial charge < -0.3 is 15.5 Å². The second-order valence-electron chi connectivity index (χ2n) is 8.77. The van der Waals surface area contributed by atoms with Gasteiger partial charge in [-0.05, 0) is 59.5 Å². The molecule has 2 fully saturated rings. The van der Waals surface area contributed by atoms with Crippen molar-refractivity contribution in [3.05, 3.63) is 30.1 Å². The lowest BCUT2D eigenvalue weighted by molar-refractivity contribution is -0.117. The molecular formula is C22H25F2IN7O2PS. The number of amides is 1. The Morgan fingerprint density at radius 1 is 1.25 bits per heavy atom. The van der Waals surface area contributed by atoms with Crippen LogP contribution in [0, 0.1) is 5.92 Å². The first kappa shape index (κ1) is 25.5. The van der Waals surface area contributed by atoms with Crippen LogP contribution in [0.1, 0.15) is 31.5 Å². The van der Waals surface area contributed by atoms with Gasteiger partial charge in [-0.2, -0.15) is 0 Å². The Bertz CT molecular complexity index is 1350. The normalized spacial score (nSPS) is 16.6. The van der Waals surface area contributed by atoms with Gasteiger partial charge in [-0.1, -0.05) is 0 Å². The van der Waals surface area contributed by atoms with Gasteiger partial charge in [0.25, 0.3) is 6.43 Å². The number of imidazole rings is 1. The monoisotopic (exact) mass is 647 g/mol. The number of fused-ring (bicyclic) bond motifs is 1. The van der Waals surface area contributed by atoms with Crippen LogP contribution in [0.25, 0.3) is 11.2 Å². The van der Waals surface area contributed by atoms with Gasteiger partial charge in [-0.25, -0.2) is 23.0 Å². The van der Waals surface area contributed by atoms with E-state index in [1.54, 1.807) is 23.7 Å². The average Bonchev–Trinajstić information content (AvgIpc) is 3.59. The van der Waals surface area contributed by atoms with Gasteiger partial charge in [0.05, 0.1) is 23.4 Å². The van der Waals surface area contributed by atoms with Crippen molar-refractivity contribution < 1.29 is 17.8 Å². The Morgan fingerprint density at radius 3 is 2.58 bits per heavy atom. The highest BCUT2D eigenvalue weighted by molar-refractivity contribution is 14.2. The molecule has 5 rings (SSSR count). The molecule has 1 aromatic carbocycles. The van der Waals surface area contributed by atoms with Crippen LogP contribution in [0.2, 0.25) is 0 Å². The van der Waals surface area contributed by atoms with Gasteiger partial charge in [-0.3, -0.25) is 13.4 Å². The predicted molar refractivity (Wildman–Crippen MR) is 151 cm³/mol. The molecule has 2 aliphatic rings. The number of nitrogens with zero attached hydrogens (tertiary/aromatic N) is 5. The van der Waals surface area contributed by atoms with Crippen LogP contribution in [0.5, 0.6) is 0 Å². The molecule has 3 heterocycles. The van der Waals surface area contributed by atoms with Gasteiger partial charge in [-0.15, -0.1) is 0 Å². The second-order valence-corrected chi connectivity index (χ2v) is 12.2. The second kappa shape index (κ2) is 10.3. The molecule has 9 nitrogen and oxygen atoms in total. The maximum absolute atomic E-state index is 13.8. The molecule has 2 N–H and O–H groups in total. The summed E-state index contributed by atoms with van der Waals surface area (Å²) >= 11 is 2.01. The Labute approximate surface area is 224 Å². The highest BCUT2D eigenvalue weighted by Crippen LogP contribution is 2.40. The summed E-state index contributed by atoms with van der Waals surface area (Å²) in [7, 11) is 0.444. The molecule has 36 heavy (non-hydrogen) atoms. The van der Waals surface area contributed by atoms with E-state index in [-0.39, 0.29) is 41.0 Å². The van der Waals surface area contributed by atoms with Crippen LogP contribution in [0.3, 0.4) is 0 Å². The zero-order chi connectivity index (χ0) is 25.6. The third-order valence-electron chi connectivity index (χ3n) is 6.32. The van der Waals surface area contributed by atoms with Crippen molar-refractivity contribution in [1.82, 2.24) is 14.3 Å². The highest BCUT2D eigenvalue weighted by Gasteiger charge is 2.30. The first-order valence-corrected chi connectivity index (χ1v) is 17.0. The summed E-state index contributed by atoms with van der Waals surface area (Å²) in [5.41, 5.74) is 3.31. The molecular weight excluding hydrogens is 622 g/mol. The average molecular weight is 647 g/mol. The molecule has 0 radical (unpaired) electrons. The van der Waals surface area contributed by atoms with E-state index in [2.05, 4.69) is 25.5 Å². The summed E-state index contributed by atoms with van der Waals surface area (Å²) in [5.74, 6) is -0.282. The molecule has 2 unspecified atom stereocenters. The maximum atomic E-state index is 13.8. The largest absolute Gasteiger partial charge is 0.371 e. The minimum Gasteiger partial charge on any atom is -0.371 e. The molecule has 0 spiro atoms. The highest BCUT2D eigenvalue weighted by atomic mass is 127. The van der Waals surface area contributed by atoms with E-state index < -0.39 is 17.4 Å². The number of hydrogen-bond acceptors (Lipinski definition) is 6. The minimum atomic E-state index is -2.78. The van der Waals surface area contributed by atoms with Crippen LogP contribution in [-0.2, 0) is 15.8 Å². The molecule has 14 heteroatoms. The number of aromatic nitrogens is 3. The fourth-order valence-electron chi connectivity index (χ4n) is 3.97. The van der Waals surface area contributed by atoms with E-state index in [9.17, 15) is 17.8 Å². The third kappa shape index (κ3) is 5.01. The van der Waals surface area contributed by atoms with Crippen molar-refractivity contribution in [2.45, 2.75) is 25.7 Å². The van der Waals surface area contributed by atoms with Crippen LogP contribution >= 0.6 is 28.4 Å². The van der Waals surface area contributed by atoms with Crippen molar-refractivity contribution in [3.63, 3.8) is 0 Å². The Hall–Kier alpha value is -2.12. The number of carbonyl (C=O) groups is 1. The quantitative estimate of drug-likeness (QED) is 0.245. The molecule has 2 aromatic heterocycles. The van der Waals surface area contributed by atoms with Crippen LogP contribution in [0.4, 0.5) is 37.3 Å². The number of anilines is 5. The van der Waals surface area contributed by atoms with E-state index in [0.29, 0.717) is 17.1 Å². The summed E-state index contributed by atoms with van der Waals surface area (Å²) in [6.07, 6.45) is 1.54. The zero-order valence-corrected chi connectivity index (χ0v) is 23.6. The zero-order valence-electron chi connectivity index (χ0n) is 19.6. The molecule has 192 valence electrons. The minimum absolute atomic E-state index is 0.0410. The van der Waals surface area contributed by atoms with E-state index in [1.807, 2.05) is 40.2 Å². The maximum Gasteiger partial charge on any atom is 0.295 e. The van der Waals surface area contributed by atoms with Crippen molar-refractivity contribution in [2.75, 3.05) is 46.2 Å². The van der Waals surface area contributed by atoms with Gasteiger partial charge in [0.15, 0.2) is 11.5 Å². The van der Waals surface area contributed by atoms with Gasteiger partial charge in [0, 0.05) is 44.1 Å². The summed E-state index contributed by atoms with van der Waals surface area (Å²) < 4.78 is 43.0. The van der Waals surface area contributed by atoms with Crippen molar-refractivity contribution in [3.8, 4) is 0 Å². The number of nitrogens with one attached hydrogen (secondary N) is 2. The molecule has 3 aromatic rings. The third-order valence-corrected chi connectivity index (χ3v) is 9.34. The molecule has 1 aliphatic carbocycles. The van der Waals surface area contributed by atoms with Gasteiger partial charge >= 0.3 is 0 Å². The molecule has 1 aliphatic heterocycles. The van der Waals surface area contributed by atoms with Crippen molar-refractivity contribution >= 4 is 85.0 Å². The van der Waals surface area contributed by atoms with E-state index in [1.165, 1.54) is 4.34 Å². The topological polar surface area (TPSA) is 95.4 Å². The number of hydrogen-bond donors (Lipinski definition) is 2. The number of benzene rings is 1. The SMILES string of the molecule is CN(c1cc(N2CCC2)ccc1Nc1cc(NC(=O)C2CC2)nc2c1nc(C(F)F)n2PI)S(C)=O. The number of carbonyl (C=O) groups excluding carboxylic acids is 1. The van der Waals surface area contributed by atoms with Crippen LogP contribution < -0.4 is 19.8 Å². The lowest BCUT2D eigenvalue weighted by Crippen LogP contribution is -2.37. The summed E-state index contributed by atoms with van der Waals surface area (Å²) in [6.45, 7) is 1.93. The van der Waals surface area contributed by atoms with Crippen LogP contribution in [-0.4, -0.2) is 50.8 Å². The number of rotatable bonds is 9. The Kier molecular flexibility index (Phi) is 7.32. The van der Waals surface area contributed by atoms with Gasteiger partial charge in [0.2, 0.25) is 5.91 Å². The number of pyridine rings is 1. The number of halogens is 3. The fourth-order valence-corrected chi connectivity index (χ4v) is 6.29. The van der Waals surface area contributed by atoms with Gasteiger partial charge in [0.1, 0.15) is 22.3 Å². The van der Waals surface area contributed by atoms with Crippen molar-refractivity contribution in [1.29, 1.82) is 0 Å². The van der Waals surface area contributed by atoms with Crippen LogP contribution in [0.15, 0.2) is 24.3 Å². The van der Waals surface area contributed by atoms with Crippen molar-refractivity contribution in [2.24, 2.45) is 5.92 Å². The predicted octanol–water partition coefficient (Wildman–Crippen LogP) is 5.19. The van der Waals surface area contributed by atoms with E-state index >= 15 is 0 Å². The van der Waals surface area contributed by atoms with E-state index in [0.717, 1.165) is 38.0 Å². The van der Waals surface area contributed by atoms with E-state index in [4.69, 9.17) is 0 Å². The Morgan fingerprint density at radius 2 is 2.00 bits per heavy atom. The first-order valence-electron chi connectivity index (χ1n) is 11.4. The molecule has 2 atom stereocenters. The Balaban J connectivity index is 1.61. The first-order chi connectivity index (χ1) is 17.3.